The van der Waals surface area contributed by atoms with E-state index >= 15 is 0 Å². The van der Waals surface area contributed by atoms with E-state index in [0.717, 1.165) is 35.9 Å². The van der Waals surface area contributed by atoms with E-state index in [9.17, 15) is 4.79 Å². The molecule has 0 aliphatic heterocycles. The van der Waals surface area contributed by atoms with Crippen molar-refractivity contribution in [2.75, 3.05) is 19.0 Å². The quantitative estimate of drug-likeness (QED) is 0.885. The van der Waals surface area contributed by atoms with Gasteiger partial charge in [-0.05, 0) is 31.0 Å². The van der Waals surface area contributed by atoms with Gasteiger partial charge in [-0.1, -0.05) is 6.42 Å². The van der Waals surface area contributed by atoms with Crippen molar-refractivity contribution in [1.82, 2.24) is 10.2 Å². The molecule has 0 spiro atoms. The molecule has 0 radical (unpaired) electrons. The number of hydrogen-bond donors (Lipinski definition) is 2. The fraction of sp³-hybridized carbons (Fsp3) is 0.429. The molecule has 3 rings (SSSR count). The van der Waals surface area contributed by atoms with Crippen molar-refractivity contribution in [3.05, 3.63) is 24.4 Å². The summed E-state index contributed by atoms with van der Waals surface area (Å²) in [5, 5.41) is 10.8. The third-order valence-corrected chi connectivity index (χ3v) is 3.91. The lowest BCUT2D eigenvalue weighted by Gasteiger charge is -2.39. The SMILES string of the molecule is COCC1(C(=O)Nc2ccc3[nH]ncc3c2)CCC1. The molecule has 1 saturated carbocycles. The number of carbonyl (C=O) groups excluding carboxylic acids is 1. The molecule has 0 saturated heterocycles. The molecule has 1 aromatic heterocycles. The number of carbonyl (C=O) groups is 1. The lowest BCUT2D eigenvalue weighted by Crippen LogP contribution is -2.45. The summed E-state index contributed by atoms with van der Waals surface area (Å²) in [7, 11) is 1.64. The highest BCUT2D eigenvalue weighted by Crippen LogP contribution is 2.42. The number of aromatic amines is 1. The molecule has 5 nitrogen and oxygen atoms in total. The number of hydrogen-bond acceptors (Lipinski definition) is 3. The van der Waals surface area contributed by atoms with Crippen LogP contribution >= 0.6 is 0 Å². The normalized spacial score (nSPS) is 17.1. The average Bonchev–Trinajstić information content (AvgIpc) is 2.80. The Morgan fingerprint density at radius 2 is 2.37 bits per heavy atom. The van der Waals surface area contributed by atoms with Crippen LogP contribution in [0.25, 0.3) is 10.9 Å². The number of aromatic nitrogens is 2. The summed E-state index contributed by atoms with van der Waals surface area (Å²) in [5.74, 6) is 0.0587. The van der Waals surface area contributed by atoms with E-state index < -0.39 is 0 Å². The predicted octanol–water partition coefficient (Wildman–Crippen LogP) is 2.32. The molecule has 1 heterocycles. The maximum Gasteiger partial charge on any atom is 0.232 e. The molecule has 2 N–H and O–H groups in total. The summed E-state index contributed by atoms with van der Waals surface area (Å²) >= 11 is 0. The minimum absolute atomic E-state index is 0.0587. The maximum absolute atomic E-state index is 12.4. The minimum Gasteiger partial charge on any atom is -0.384 e. The first-order chi connectivity index (χ1) is 9.23. The van der Waals surface area contributed by atoms with Crippen molar-refractivity contribution in [3.63, 3.8) is 0 Å². The first-order valence-corrected chi connectivity index (χ1v) is 6.47. The van der Waals surface area contributed by atoms with Gasteiger partial charge in [-0.3, -0.25) is 9.89 Å². The van der Waals surface area contributed by atoms with Gasteiger partial charge < -0.3 is 10.1 Å². The van der Waals surface area contributed by atoms with E-state index in [1.54, 1.807) is 13.3 Å². The zero-order valence-corrected chi connectivity index (χ0v) is 10.9. The van der Waals surface area contributed by atoms with Crippen LogP contribution in [0.5, 0.6) is 0 Å². The number of nitrogens with one attached hydrogen (secondary N) is 2. The molecule has 0 atom stereocenters. The van der Waals surface area contributed by atoms with Crippen molar-refractivity contribution >= 4 is 22.5 Å². The molecule has 1 aromatic carbocycles. The number of amides is 1. The Bertz CT molecular complexity index is 602. The van der Waals surface area contributed by atoms with Crippen molar-refractivity contribution < 1.29 is 9.53 Å². The Morgan fingerprint density at radius 1 is 1.53 bits per heavy atom. The predicted molar refractivity (Wildman–Crippen MR) is 72.9 cm³/mol. The van der Waals surface area contributed by atoms with Gasteiger partial charge in [-0.15, -0.1) is 0 Å². The number of methoxy groups -OCH3 is 1. The maximum atomic E-state index is 12.4. The summed E-state index contributed by atoms with van der Waals surface area (Å²) < 4.78 is 5.19. The van der Waals surface area contributed by atoms with Gasteiger partial charge in [0.2, 0.25) is 5.91 Å². The van der Waals surface area contributed by atoms with E-state index in [2.05, 4.69) is 15.5 Å². The molecule has 19 heavy (non-hydrogen) atoms. The van der Waals surface area contributed by atoms with Gasteiger partial charge in [0.1, 0.15) is 0 Å². The van der Waals surface area contributed by atoms with Crippen LogP contribution in [0, 0.1) is 5.41 Å². The lowest BCUT2D eigenvalue weighted by molar-refractivity contribution is -0.134. The molecule has 2 aromatic rings. The summed E-state index contributed by atoms with van der Waals surface area (Å²) in [6, 6.07) is 5.73. The molecule has 1 fully saturated rings. The smallest absolute Gasteiger partial charge is 0.232 e. The van der Waals surface area contributed by atoms with E-state index in [4.69, 9.17) is 4.74 Å². The van der Waals surface area contributed by atoms with E-state index in [0.29, 0.717) is 6.61 Å². The van der Waals surface area contributed by atoms with Crippen molar-refractivity contribution in [2.45, 2.75) is 19.3 Å². The number of fused-ring (bicyclic) bond motifs is 1. The minimum atomic E-state index is -0.333. The number of rotatable bonds is 4. The van der Waals surface area contributed by atoms with Crippen LogP contribution in [0.3, 0.4) is 0 Å². The molecule has 0 unspecified atom stereocenters. The van der Waals surface area contributed by atoms with E-state index in [1.807, 2.05) is 18.2 Å². The van der Waals surface area contributed by atoms with Crippen molar-refractivity contribution in [1.29, 1.82) is 0 Å². The van der Waals surface area contributed by atoms with Crippen LogP contribution in [0.4, 0.5) is 5.69 Å². The first-order valence-electron chi connectivity index (χ1n) is 6.47. The fourth-order valence-corrected chi connectivity index (χ4v) is 2.60. The van der Waals surface area contributed by atoms with Gasteiger partial charge in [-0.2, -0.15) is 5.10 Å². The monoisotopic (exact) mass is 259 g/mol. The van der Waals surface area contributed by atoms with Crippen LogP contribution < -0.4 is 5.32 Å². The fourth-order valence-electron chi connectivity index (χ4n) is 2.60. The number of benzene rings is 1. The second-order valence-electron chi connectivity index (χ2n) is 5.19. The summed E-state index contributed by atoms with van der Waals surface area (Å²) in [5.41, 5.74) is 1.44. The summed E-state index contributed by atoms with van der Waals surface area (Å²) in [4.78, 5) is 12.4. The van der Waals surface area contributed by atoms with Crippen LogP contribution in [0.1, 0.15) is 19.3 Å². The topological polar surface area (TPSA) is 67.0 Å². The number of nitrogens with zero attached hydrogens (tertiary/aromatic N) is 1. The molecule has 100 valence electrons. The van der Waals surface area contributed by atoms with E-state index in [1.165, 1.54) is 0 Å². The molecule has 1 amide bonds. The third-order valence-electron chi connectivity index (χ3n) is 3.91. The molecular weight excluding hydrogens is 242 g/mol. The van der Waals surface area contributed by atoms with Crippen LogP contribution in [-0.2, 0) is 9.53 Å². The second kappa shape index (κ2) is 4.66. The molecule has 5 heteroatoms. The third kappa shape index (κ3) is 2.10. The number of H-pyrrole nitrogens is 1. The Balaban J connectivity index is 1.78. The van der Waals surface area contributed by atoms with Gasteiger partial charge in [0.05, 0.1) is 23.7 Å². The van der Waals surface area contributed by atoms with Gasteiger partial charge in [-0.25, -0.2) is 0 Å². The molecule has 1 aliphatic carbocycles. The van der Waals surface area contributed by atoms with Crippen molar-refractivity contribution in [2.24, 2.45) is 5.41 Å². The number of ether oxygens (including phenoxy) is 1. The Labute approximate surface area is 111 Å². The highest BCUT2D eigenvalue weighted by atomic mass is 16.5. The zero-order chi connectivity index (χ0) is 13.3. The largest absolute Gasteiger partial charge is 0.384 e. The molecule has 0 bridgehead atoms. The van der Waals surface area contributed by atoms with Gasteiger partial charge >= 0.3 is 0 Å². The van der Waals surface area contributed by atoms with Crippen LogP contribution in [0.2, 0.25) is 0 Å². The van der Waals surface area contributed by atoms with Crippen LogP contribution in [0.15, 0.2) is 24.4 Å². The second-order valence-corrected chi connectivity index (χ2v) is 5.19. The molecule has 1 aliphatic rings. The van der Waals surface area contributed by atoms with Gasteiger partial charge in [0.25, 0.3) is 0 Å². The summed E-state index contributed by atoms with van der Waals surface area (Å²) in [6.45, 7) is 0.493. The standard InChI is InChI=1S/C14H17N3O2/c1-19-9-14(5-2-6-14)13(18)16-11-3-4-12-10(7-11)8-15-17-12/h3-4,7-8H,2,5-6,9H2,1H3,(H,15,17)(H,16,18). The van der Waals surface area contributed by atoms with Crippen molar-refractivity contribution in [3.8, 4) is 0 Å². The Kier molecular flexibility index (Phi) is 2.98. The highest BCUT2D eigenvalue weighted by molar-refractivity contribution is 5.97. The Hall–Kier alpha value is -1.88. The first kappa shape index (κ1) is 12.2. The number of anilines is 1. The van der Waals surface area contributed by atoms with Gasteiger partial charge in [0.15, 0.2) is 0 Å². The lowest BCUT2D eigenvalue weighted by atomic mass is 9.68. The van der Waals surface area contributed by atoms with Crippen LogP contribution in [-0.4, -0.2) is 29.8 Å². The zero-order valence-electron chi connectivity index (χ0n) is 10.9. The average molecular weight is 259 g/mol. The molecular formula is C14H17N3O2. The van der Waals surface area contributed by atoms with Gasteiger partial charge in [0, 0.05) is 18.2 Å². The summed E-state index contributed by atoms with van der Waals surface area (Å²) in [6.07, 6.45) is 4.65. The highest BCUT2D eigenvalue weighted by Gasteiger charge is 2.44. The Morgan fingerprint density at radius 3 is 3.05 bits per heavy atom. The van der Waals surface area contributed by atoms with E-state index in [-0.39, 0.29) is 11.3 Å².